The van der Waals surface area contributed by atoms with E-state index in [2.05, 4.69) is 35.5 Å². The highest BCUT2D eigenvalue weighted by Gasteiger charge is 2.61. The highest BCUT2D eigenvalue weighted by molar-refractivity contribution is 7.80. The second-order valence-electron chi connectivity index (χ2n) is 15.4. The molecule has 5 aliphatic rings. The zero-order valence-corrected chi connectivity index (χ0v) is 30.1. The van der Waals surface area contributed by atoms with Crippen molar-refractivity contribution in [3.8, 4) is 40.6 Å². The lowest BCUT2D eigenvalue weighted by Crippen LogP contribution is -2.50. The van der Waals surface area contributed by atoms with Crippen LogP contribution in [-0.2, 0) is 16.8 Å². The number of nitrogens with one attached hydrogen (secondary N) is 2. The van der Waals surface area contributed by atoms with Crippen LogP contribution in [0, 0.1) is 29.1 Å². The molecule has 2 fully saturated rings. The topological polar surface area (TPSA) is 141 Å². The predicted octanol–water partition coefficient (Wildman–Crippen LogP) is 7.34. The summed E-state index contributed by atoms with van der Waals surface area (Å²) in [5.74, 6) is 8.39. The Bertz CT molecular complexity index is 2230. The Hall–Kier alpha value is -5.24. The minimum atomic E-state index is -1.38. The van der Waals surface area contributed by atoms with E-state index in [-0.39, 0.29) is 16.9 Å². The van der Waals surface area contributed by atoms with Crippen LogP contribution in [0.5, 0.6) is 28.7 Å². The van der Waals surface area contributed by atoms with Crippen molar-refractivity contribution < 1.29 is 34.7 Å². The van der Waals surface area contributed by atoms with E-state index in [1.54, 1.807) is 24.3 Å². The van der Waals surface area contributed by atoms with Gasteiger partial charge in [0.25, 0.3) is 0 Å². The summed E-state index contributed by atoms with van der Waals surface area (Å²) in [6.45, 7) is 2.72. The van der Waals surface area contributed by atoms with Gasteiger partial charge in [0.1, 0.15) is 34.3 Å². The van der Waals surface area contributed by atoms with E-state index in [0.29, 0.717) is 87.4 Å². The van der Waals surface area contributed by atoms with Gasteiger partial charge in [-0.2, -0.15) is 0 Å². The minimum absolute atomic E-state index is 0.0134. The summed E-state index contributed by atoms with van der Waals surface area (Å²) in [4.78, 5) is 13.3. The van der Waals surface area contributed by atoms with Crippen LogP contribution in [0.4, 0.5) is 5.69 Å². The first-order chi connectivity index (χ1) is 25.5. The highest BCUT2D eigenvalue weighted by Crippen LogP contribution is 2.64. The molecule has 0 saturated heterocycles. The normalized spacial score (nSPS) is 26.6. The third-order valence-electron chi connectivity index (χ3n) is 12.7. The number of fused-ring (bicyclic) bond motifs is 11. The summed E-state index contributed by atoms with van der Waals surface area (Å²) in [7, 11) is 0. The van der Waals surface area contributed by atoms with Gasteiger partial charge in [-0.25, -0.2) is 4.79 Å². The number of carbonyl (C=O) groups excluding carboxylic acids is 1. The van der Waals surface area contributed by atoms with Crippen LogP contribution in [0.15, 0.2) is 72.8 Å². The number of aryl methyl sites for hydroxylation is 1. The van der Waals surface area contributed by atoms with Crippen molar-refractivity contribution in [3.05, 3.63) is 106 Å². The van der Waals surface area contributed by atoms with Crippen LogP contribution in [0.25, 0.3) is 0 Å². The molecular weight excluding hydrogens is 689 g/mol. The number of phenolic OH excluding ortho intramolecular Hbond substituents is 3. The lowest BCUT2D eigenvalue weighted by Gasteiger charge is -2.52. The second-order valence-corrected chi connectivity index (χ2v) is 15.8. The lowest BCUT2D eigenvalue weighted by atomic mass is 9.53. The number of hydrogen-bond donors (Lipinski definition) is 6. The SMILES string of the molecule is C[C@]12CC[C@@H]3c4ccc(O)cc4CC[C@H]3[C@@H]1CC[C@]2(O)C#CCCNC(=S)Nc1ccc2c(c1)C1(OC2=O)c2ccc(O)cc2Oc2cc(O)ccc21. The van der Waals surface area contributed by atoms with Crippen molar-refractivity contribution in [1.29, 1.82) is 0 Å². The number of thiocarbonyl (C=S) groups is 1. The fraction of sp³-hybridized carbons (Fsp3) is 0.349. The minimum Gasteiger partial charge on any atom is -0.508 e. The van der Waals surface area contributed by atoms with Crippen molar-refractivity contribution in [1.82, 2.24) is 5.32 Å². The van der Waals surface area contributed by atoms with E-state index in [9.17, 15) is 25.2 Å². The van der Waals surface area contributed by atoms with Gasteiger partial charge in [-0.1, -0.05) is 24.8 Å². The summed E-state index contributed by atoms with van der Waals surface area (Å²) in [5.41, 5.74) is 2.65. The van der Waals surface area contributed by atoms with Crippen LogP contribution in [0.3, 0.4) is 0 Å². The molecule has 1 spiro atoms. The van der Waals surface area contributed by atoms with Crippen LogP contribution in [0.2, 0.25) is 0 Å². The molecule has 2 saturated carbocycles. The first kappa shape index (κ1) is 33.6. The average molecular weight is 729 g/mol. The van der Waals surface area contributed by atoms with Crippen LogP contribution in [0.1, 0.15) is 89.5 Å². The molecule has 3 aliphatic carbocycles. The smallest absolute Gasteiger partial charge is 0.340 e. The maximum Gasteiger partial charge on any atom is 0.340 e. The number of aromatic hydroxyl groups is 3. The maximum absolute atomic E-state index is 13.3. The molecule has 2 aliphatic heterocycles. The standard InChI is InChI=1S/C43H40N2O7S/c1-41-17-14-30-29-11-6-26(46)20-24(29)4-9-31(30)33(41)15-18-42(41,50)16-2-3-19-44-40(53)45-25-5-10-32-36(21-25)43(52-39(32)49)34-12-7-27(47)22-37(34)51-38-23-28(48)8-13-35(38)43/h5-8,10-13,20-23,30-31,33,46-48,50H,3-4,9,14-15,17-19H2,1H3,(H2,44,45,53)/t30-,31-,33+,41+,42-/m1/s1. The second kappa shape index (κ2) is 12.2. The monoisotopic (exact) mass is 728 g/mol. The third-order valence-corrected chi connectivity index (χ3v) is 13.0. The molecule has 0 aromatic heterocycles. The average Bonchev–Trinajstić information content (AvgIpc) is 3.57. The zero-order chi connectivity index (χ0) is 36.7. The number of ether oxygens (including phenoxy) is 2. The molecule has 6 N–H and O–H groups in total. The van der Waals surface area contributed by atoms with Gasteiger partial charge in [-0.15, -0.1) is 0 Å². The molecule has 270 valence electrons. The van der Waals surface area contributed by atoms with E-state index >= 15 is 0 Å². The zero-order valence-electron chi connectivity index (χ0n) is 29.2. The first-order valence-corrected chi connectivity index (χ1v) is 18.7. The fourth-order valence-electron chi connectivity index (χ4n) is 10.2. The Labute approximate surface area is 313 Å². The highest BCUT2D eigenvalue weighted by atomic mass is 32.1. The number of benzene rings is 4. The molecule has 0 unspecified atom stereocenters. The Morgan fingerprint density at radius 2 is 1.60 bits per heavy atom. The molecule has 4 aromatic carbocycles. The summed E-state index contributed by atoms with van der Waals surface area (Å²) in [6.07, 6.45) is 6.13. The van der Waals surface area contributed by atoms with Crippen LogP contribution >= 0.6 is 12.2 Å². The Morgan fingerprint density at radius 3 is 2.36 bits per heavy atom. The molecule has 0 radical (unpaired) electrons. The fourth-order valence-corrected chi connectivity index (χ4v) is 10.4. The number of hydrogen-bond acceptors (Lipinski definition) is 8. The van der Waals surface area contributed by atoms with Gasteiger partial charge in [0.15, 0.2) is 10.7 Å². The quantitative estimate of drug-likeness (QED) is 0.0550. The van der Waals surface area contributed by atoms with Crippen molar-refractivity contribution in [3.63, 3.8) is 0 Å². The molecule has 4 aromatic rings. The number of carbonyl (C=O) groups is 1. The van der Waals surface area contributed by atoms with E-state index < -0.39 is 17.2 Å². The van der Waals surface area contributed by atoms with E-state index in [1.807, 2.05) is 18.2 Å². The van der Waals surface area contributed by atoms with Crippen molar-refractivity contribution >= 4 is 29.0 Å². The van der Waals surface area contributed by atoms with Crippen molar-refractivity contribution in [2.45, 2.75) is 69.0 Å². The van der Waals surface area contributed by atoms with Gasteiger partial charge in [0.2, 0.25) is 0 Å². The molecular formula is C43H40N2O7S. The molecule has 5 atom stereocenters. The third kappa shape index (κ3) is 5.16. The number of aliphatic hydroxyl groups is 1. The van der Waals surface area contributed by atoms with Crippen LogP contribution < -0.4 is 15.4 Å². The van der Waals surface area contributed by atoms with Gasteiger partial charge in [0, 0.05) is 52.9 Å². The number of anilines is 1. The van der Waals surface area contributed by atoms with E-state index in [1.165, 1.54) is 35.4 Å². The molecule has 2 heterocycles. The van der Waals surface area contributed by atoms with E-state index in [0.717, 1.165) is 32.1 Å². The summed E-state index contributed by atoms with van der Waals surface area (Å²) >= 11 is 5.64. The number of phenols is 3. The van der Waals surface area contributed by atoms with Gasteiger partial charge in [0.05, 0.1) is 5.56 Å². The van der Waals surface area contributed by atoms with E-state index in [4.69, 9.17) is 21.7 Å². The summed E-state index contributed by atoms with van der Waals surface area (Å²) < 4.78 is 12.2. The summed E-state index contributed by atoms with van der Waals surface area (Å²) in [5, 5.41) is 49.3. The number of rotatable bonds is 3. The van der Waals surface area contributed by atoms with Gasteiger partial charge >= 0.3 is 5.97 Å². The van der Waals surface area contributed by atoms with Crippen molar-refractivity contribution in [2.24, 2.45) is 17.3 Å². The molecule has 9 nitrogen and oxygen atoms in total. The van der Waals surface area contributed by atoms with Gasteiger partial charge in [-0.05, 0) is 134 Å². The number of esters is 1. The Morgan fingerprint density at radius 1 is 0.887 bits per heavy atom. The Balaban J connectivity index is 0.882. The predicted molar refractivity (Wildman–Crippen MR) is 202 cm³/mol. The molecule has 53 heavy (non-hydrogen) atoms. The summed E-state index contributed by atoms with van der Waals surface area (Å²) in [6, 6.07) is 20.4. The molecule has 0 amide bonds. The molecule has 9 rings (SSSR count). The Kier molecular flexibility index (Phi) is 7.70. The van der Waals surface area contributed by atoms with Gasteiger partial charge in [-0.3, -0.25) is 0 Å². The van der Waals surface area contributed by atoms with Gasteiger partial charge < -0.3 is 40.5 Å². The lowest BCUT2D eigenvalue weighted by molar-refractivity contribution is -0.0648. The largest absolute Gasteiger partial charge is 0.508 e. The van der Waals surface area contributed by atoms with Crippen LogP contribution in [-0.4, -0.2) is 43.7 Å². The molecule has 10 heteroatoms. The van der Waals surface area contributed by atoms with Crippen molar-refractivity contribution in [2.75, 3.05) is 11.9 Å². The maximum atomic E-state index is 13.3. The first-order valence-electron chi connectivity index (χ1n) is 18.3. The molecule has 0 bridgehead atoms.